The predicted octanol–water partition coefficient (Wildman–Crippen LogP) is 3.69. The van der Waals surface area contributed by atoms with Gasteiger partial charge in [-0.3, -0.25) is 18.9 Å². The number of amides is 1. The number of thiocarbonyl (C=S) groups is 1. The van der Waals surface area contributed by atoms with E-state index in [0.29, 0.717) is 64.7 Å². The summed E-state index contributed by atoms with van der Waals surface area (Å²) in [4.78, 5) is 37.3. The van der Waals surface area contributed by atoms with Gasteiger partial charge in [0.1, 0.15) is 21.6 Å². The molecule has 180 valence electrons. The third kappa shape index (κ3) is 4.32. The molecule has 5 rings (SSSR count). The van der Waals surface area contributed by atoms with Crippen LogP contribution < -0.4 is 15.4 Å². The van der Waals surface area contributed by atoms with E-state index in [4.69, 9.17) is 17.2 Å². The van der Waals surface area contributed by atoms with Gasteiger partial charge in [0.25, 0.3) is 11.5 Å². The second-order valence-electron chi connectivity index (χ2n) is 8.44. The molecule has 2 fully saturated rings. The number of rotatable bonds is 4. The first-order valence-corrected chi connectivity index (χ1v) is 12.6. The van der Waals surface area contributed by atoms with Gasteiger partial charge in [0.15, 0.2) is 0 Å². The number of aromatic nitrogens is 2. The van der Waals surface area contributed by atoms with E-state index in [2.05, 4.69) is 0 Å². The summed E-state index contributed by atoms with van der Waals surface area (Å²) in [6, 6.07) is 10.5. The second-order valence-corrected chi connectivity index (χ2v) is 10.1. The van der Waals surface area contributed by atoms with Crippen LogP contribution in [0.4, 0.5) is 15.9 Å². The van der Waals surface area contributed by atoms with E-state index in [1.54, 1.807) is 24.4 Å². The van der Waals surface area contributed by atoms with Crippen LogP contribution >= 0.6 is 24.0 Å². The van der Waals surface area contributed by atoms with Gasteiger partial charge in [0.05, 0.1) is 16.2 Å². The molecule has 35 heavy (non-hydrogen) atoms. The van der Waals surface area contributed by atoms with Gasteiger partial charge in [-0.05, 0) is 43.7 Å². The Morgan fingerprint density at radius 2 is 1.80 bits per heavy atom. The van der Waals surface area contributed by atoms with Crippen molar-refractivity contribution < 1.29 is 9.18 Å². The van der Waals surface area contributed by atoms with Crippen LogP contribution in [0.5, 0.6) is 0 Å². The van der Waals surface area contributed by atoms with Crippen molar-refractivity contribution in [3.8, 4) is 0 Å². The molecule has 2 saturated heterocycles. The lowest BCUT2D eigenvalue weighted by atomic mass is 10.2. The summed E-state index contributed by atoms with van der Waals surface area (Å²) < 4.78 is 16.3. The van der Waals surface area contributed by atoms with E-state index >= 15 is 0 Å². The van der Waals surface area contributed by atoms with E-state index < -0.39 is 0 Å². The Morgan fingerprint density at radius 1 is 1.09 bits per heavy atom. The number of fused-ring (bicyclic) bond motifs is 1. The maximum Gasteiger partial charge on any atom is 0.267 e. The summed E-state index contributed by atoms with van der Waals surface area (Å²) in [6.07, 6.45) is 3.37. The molecule has 1 aromatic carbocycles. The van der Waals surface area contributed by atoms with Crippen LogP contribution in [0, 0.1) is 12.7 Å². The van der Waals surface area contributed by atoms with E-state index in [1.165, 1.54) is 27.1 Å². The number of aryl methyl sites for hydroxylation is 1. The van der Waals surface area contributed by atoms with Crippen molar-refractivity contribution in [2.75, 3.05) is 42.5 Å². The Kier molecular flexibility index (Phi) is 6.33. The largest absolute Gasteiger partial charge is 0.366 e. The number of pyridine rings is 1. The number of piperazine rings is 1. The average molecular weight is 510 g/mol. The molecule has 7 nitrogen and oxygen atoms in total. The number of hydrogen-bond donors (Lipinski definition) is 0. The summed E-state index contributed by atoms with van der Waals surface area (Å²) in [7, 11) is 0. The fourth-order valence-corrected chi connectivity index (χ4v) is 5.75. The van der Waals surface area contributed by atoms with Gasteiger partial charge in [0, 0.05) is 38.9 Å². The molecule has 2 aliphatic rings. The lowest BCUT2D eigenvalue weighted by Crippen LogP contribution is -2.47. The van der Waals surface area contributed by atoms with Gasteiger partial charge in [-0.2, -0.15) is 0 Å². The van der Waals surface area contributed by atoms with Gasteiger partial charge < -0.3 is 9.80 Å². The van der Waals surface area contributed by atoms with Gasteiger partial charge in [-0.25, -0.2) is 9.37 Å². The molecule has 0 saturated carbocycles. The van der Waals surface area contributed by atoms with Crippen LogP contribution in [0.1, 0.15) is 18.1 Å². The highest BCUT2D eigenvalue weighted by Crippen LogP contribution is 2.33. The molecular weight excluding hydrogens is 485 g/mol. The second kappa shape index (κ2) is 9.43. The van der Waals surface area contributed by atoms with Crippen molar-refractivity contribution in [2.24, 2.45) is 0 Å². The minimum Gasteiger partial charge on any atom is -0.366 e. The number of carbonyl (C=O) groups is 1. The van der Waals surface area contributed by atoms with E-state index in [0.717, 1.165) is 5.56 Å². The SMILES string of the molecule is CCN1C(=O)/C(=C/c2c(N3CCN(c4ccccc4F)CC3)nc3ccc(C)cn3c2=O)SC1=S. The third-order valence-corrected chi connectivity index (χ3v) is 7.60. The van der Waals surface area contributed by atoms with Crippen LogP contribution in [0.15, 0.2) is 52.3 Å². The smallest absolute Gasteiger partial charge is 0.267 e. The maximum atomic E-state index is 14.3. The van der Waals surface area contributed by atoms with E-state index in [9.17, 15) is 14.0 Å². The number of para-hydroxylation sites is 1. The van der Waals surface area contributed by atoms with Crippen LogP contribution in [0.3, 0.4) is 0 Å². The monoisotopic (exact) mass is 509 g/mol. The van der Waals surface area contributed by atoms with Crippen LogP contribution in [0.25, 0.3) is 11.7 Å². The summed E-state index contributed by atoms with van der Waals surface area (Å²) in [6.45, 7) is 6.51. The summed E-state index contributed by atoms with van der Waals surface area (Å²) in [5, 5.41) is 0. The van der Waals surface area contributed by atoms with Crippen LogP contribution in [0.2, 0.25) is 0 Å². The molecule has 2 aromatic heterocycles. The van der Waals surface area contributed by atoms with Crippen molar-refractivity contribution in [3.05, 3.63) is 74.8 Å². The van der Waals surface area contributed by atoms with E-state index in [-0.39, 0.29) is 17.3 Å². The molecule has 3 aromatic rings. The number of likely N-dealkylation sites (N-methyl/N-ethyl adjacent to an activating group) is 1. The lowest BCUT2D eigenvalue weighted by Gasteiger charge is -2.37. The van der Waals surface area contributed by atoms with Gasteiger partial charge in [0.2, 0.25) is 0 Å². The highest BCUT2D eigenvalue weighted by atomic mass is 32.2. The predicted molar refractivity (Wildman–Crippen MR) is 143 cm³/mol. The Balaban J connectivity index is 1.55. The first-order valence-electron chi connectivity index (χ1n) is 11.4. The quantitative estimate of drug-likeness (QED) is 0.393. The summed E-state index contributed by atoms with van der Waals surface area (Å²) in [5.41, 5.74) is 2.13. The first kappa shape index (κ1) is 23.5. The molecule has 0 aliphatic carbocycles. The number of hydrogen-bond acceptors (Lipinski definition) is 7. The minimum absolute atomic E-state index is 0.202. The number of carbonyl (C=O) groups excluding carboxylic acids is 1. The highest BCUT2D eigenvalue weighted by molar-refractivity contribution is 8.26. The number of thioether (sulfide) groups is 1. The molecule has 1 amide bonds. The number of benzene rings is 1. The maximum absolute atomic E-state index is 14.3. The summed E-state index contributed by atoms with van der Waals surface area (Å²) >= 11 is 6.54. The normalized spacial score (nSPS) is 17.8. The fraction of sp³-hybridized carbons (Fsp3) is 0.280. The Labute approximate surface area is 211 Å². The zero-order valence-electron chi connectivity index (χ0n) is 19.4. The minimum atomic E-state index is -0.253. The Bertz CT molecular complexity index is 1430. The number of anilines is 2. The van der Waals surface area contributed by atoms with Crippen molar-refractivity contribution in [2.45, 2.75) is 13.8 Å². The van der Waals surface area contributed by atoms with E-state index in [1.807, 2.05) is 41.8 Å². The number of halogens is 1. The molecule has 0 N–H and O–H groups in total. The lowest BCUT2D eigenvalue weighted by molar-refractivity contribution is -0.121. The van der Waals surface area contributed by atoms with Crippen molar-refractivity contribution in [1.29, 1.82) is 0 Å². The first-order chi connectivity index (χ1) is 16.9. The molecule has 10 heteroatoms. The zero-order chi connectivity index (χ0) is 24.7. The highest BCUT2D eigenvalue weighted by Gasteiger charge is 2.32. The fourth-order valence-electron chi connectivity index (χ4n) is 4.39. The Hall–Kier alpha value is -3.24. The molecular formula is C25H24FN5O2S2. The summed E-state index contributed by atoms with van der Waals surface area (Å²) in [5.74, 6) is 0.0670. The van der Waals surface area contributed by atoms with Gasteiger partial charge in [-0.15, -0.1) is 0 Å². The molecule has 4 heterocycles. The molecule has 0 radical (unpaired) electrons. The van der Waals surface area contributed by atoms with Crippen molar-refractivity contribution in [1.82, 2.24) is 14.3 Å². The molecule has 2 aliphatic heterocycles. The Morgan fingerprint density at radius 3 is 2.49 bits per heavy atom. The third-order valence-electron chi connectivity index (χ3n) is 6.22. The van der Waals surface area contributed by atoms with Crippen LogP contribution in [-0.4, -0.2) is 57.2 Å². The van der Waals surface area contributed by atoms with Gasteiger partial charge >= 0.3 is 0 Å². The zero-order valence-corrected chi connectivity index (χ0v) is 21.0. The molecule has 0 unspecified atom stereocenters. The standard InChI is InChI=1S/C25H24FN5O2S2/c1-3-30-24(33)20(35-25(30)34)14-17-22(27-21-9-8-16(2)15-31(21)23(17)32)29-12-10-28(11-13-29)19-7-5-4-6-18(19)26/h4-9,14-15H,3,10-13H2,1-2H3/b20-14-. The van der Waals surface area contributed by atoms with Gasteiger partial charge in [-0.1, -0.05) is 42.2 Å². The molecule has 0 atom stereocenters. The van der Waals surface area contributed by atoms with Crippen LogP contribution in [-0.2, 0) is 4.79 Å². The average Bonchev–Trinajstić information content (AvgIpc) is 3.13. The molecule has 0 bridgehead atoms. The number of nitrogens with zero attached hydrogens (tertiary/aromatic N) is 5. The van der Waals surface area contributed by atoms with Crippen molar-refractivity contribution >= 4 is 57.4 Å². The van der Waals surface area contributed by atoms with Crippen molar-refractivity contribution in [3.63, 3.8) is 0 Å². The molecule has 0 spiro atoms. The topological polar surface area (TPSA) is 61.2 Å².